The number of piperidine rings is 1. The molecule has 0 radical (unpaired) electrons. The first kappa shape index (κ1) is 20.1. The van der Waals surface area contributed by atoms with Gasteiger partial charge in [-0.1, -0.05) is 29.8 Å². The average molecular weight is 404 g/mol. The predicted octanol–water partition coefficient (Wildman–Crippen LogP) is 5.10. The van der Waals surface area contributed by atoms with Gasteiger partial charge >= 0.3 is 6.03 Å². The first-order valence-corrected chi connectivity index (χ1v) is 10.9. The van der Waals surface area contributed by atoms with Crippen molar-refractivity contribution < 1.29 is 4.79 Å². The van der Waals surface area contributed by atoms with Crippen LogP contribution in [0.1, 0.15) is 18.4 Å². The number of rotatable bonds is 6. The zero-order chi connectivity index (χ0) is 19.1. The summed E-state index contributed by atoms with van der Waals surface area (Å²) in [7, 11) is 0. The number of hydrogen-bond acceptors (Lipinski definition) is 3. The van der Waals surface area contributed by atoms with Gasteiger partial charge < -0.3 is 10.6 Å². The van der Waals surface area contributed by atoms with E-state index in [1.54, 1.807) is 11.8 Å². The lowest BCUT2D eigenvalue weighted by Gasteiger charge is -2.32. The molecule has 2 aromatic rings. The Labute approximate surface area is 170 Å². The first-order chi connectivity index (χ1) is 13.1. The van der Waals surface area contributed by atoms with Crippen molar-refractivity contribution in [3.8, 4) is 0 Å². The zero-order valence-electron chi connectivity index (χ0n) is 15.6. The van der Waals surface area contributed by atoms with Crippen molar-refractivity contribution in [3.05, 3.63) is 59.1 Å². The number of nitrogens with one attached hydrogen (secondary N) is 2. The Morgan fingerprint density at radius 3 is 2.70 bits per heavy atom. The Morgan fingerprint density at radius 1 is 1.19 bits per heavy atom. The van der Waals surface area contributed by atoms with Gasteiger partial charge in [-0.2, -0.15) is 0 Å². The van der Waals surface area contributed by atoms with E-state index in [1.165, 1.54) is 5.56 Å². The van der Waals surface area contributed by atoms with Gasteiger partial charge in [0.05, 0.1) is 0 Å². The average Bonchev–Trinajstić information content (AvgIpc) is 2.68. The Morgan fingerprint density at radius 2 is 1.96 bits per heavy atom. The fraction of sp³-hybridized carbons (Fsp3) is 0.381. The summed E-state index contributed by atoms with van der Waals surface area (Å²) in [5.41, 5.74) is 2.08. The number of carbonyl (C=O) groups excluding carboxylic acids is 1. The second kappa shape index (κ2) is 10.0. The van der Waals surface area contributed by atoms with Gasteiger partial charge in [0.2, 0.25) is 0 Å². The summed E-state index contributed by atoms with van der Waals surface area (Å²) in [5.74, 6) is 0.531. The summed E-state index contributed by atoms with van der Waals surface area (Å²) in [6.07, 6.45) is 4.23. The summed E-state index contributed by atoms with van der Waals surface area (Å²) < 4.78 is 0. The van der Waals surface area contributed by atoms with E-state index in [0.29, 0.717) is 5.92 Å². The summed E-state index contributed by atoms with van der Waals surface area (Å²) >= 11 is 7.73. The van der Waals surface area contributed by atoms with Crippen LogP contribution in [-0.2, 0) is 6.54 Å². The van der Waals surface area contributed by atoms with Crippen LogP contribution >= 0.6 is 23.4 Å². The molecule has 4 nitrogen and oxygen atoms in total. The van der Waals surface area contributed by atoms with Gasteiger partial charge in [0.25, 0.3) is 0 Å². The molecule has 2 N–H and O–H groups in total. The molecule has 1 saturated heterocycles. The Kier molecular flexibility index (Phi) is 7.44. The minimum Gasteiger partial charge on any atom is -0.338 e. The van der Waals surface area contributed by atoms with Crippen LogP contribution in [0.15, 0.2) is 53.4 Å². The molecule has 3 rings (SSSR count). The van der Waals surface area contributed by atoms with E-state index < -0.39 is 0 Å². The molecule has 1 aliphatic rings. The second-order valence-corrected chi connectivity index (χ2v) is 8.23. The molecule has 0 saturated carbocycles. The molecule has 1 aliphatic heterocycles. The monoisotopic (exact) mass is 403 g/mol. The minimum absolute atomic E-state index is 0.130. The maximum Gasteiger partial charge on any atom is 0.319 e. The molecule has 0 unspecified atom stereocenters. The third-order valence-electron chi connectivity index (χ3n) is 4.88. The zero-order valence-corrected chi connectivity index (χ0v) is 17.2. The number of hydrogen-bond donors (Lipinski definition) is 2. The van der Waals surface area contributed by atoms with E-state index in [9.17, 15) is 4.79 Å². The van der Waals surface area contributed by atoms with Gasteiger partial charge in [0, 0.05) is 28.7 Å². The smallest absolute Gasteiger partial charge is 0.319 e. The quantitative estimate of drug-likeness (QED) is 0.660. The molecule has 1 heterocycles. The molecule has 0 atom stereocenters. The van der Waals surface area contributed by atoms with Crippen molar-refractivity contribution in [2.45, 2.75) is 24.3 Å². The van der Waals surface area contributed by atoms with Crippen molar-refractivity contribution >= 4 is 35.1 Å². The number of likely N-dealkylation sites (tertiary alicyclic amines) is 1. The van der Waals surface area contributed by atoms with E-state index in [4.69, 9.17) is 11.6 Å². The molecule has 0 spiro atoms. The molecular formula is C21H26ClN3OS. The van der Waals surface area contributed by atoms with Gasteiger partial charge in [-0.15, -0.1) is 11.8 Å². The van der Waals surface area contributed by atoms with Crippen molar-refractivity contribution in [2.75, 3.05) is 31.2 Å². The highest BCUT2D eigenvalue weighted by molar-refractivity contribution is 7.98. The number of anilines is 1. The number of carbonyl (C=O) groups is 1. The van der Waals surface area contributed by atoms with Crippen LogP contribution in [0.4, 0.5) is 10.5 Å². The lowest BCUT2D eigenvalue weighted by Crippen LogP contribution is -2.39. The molecular weight excluding hydrogens is 378 g/mol. The number of halogens is 1. The summed E-state index contributed by atoms with van der Waals surface area (Å²) in [5, 5.41) is 6.73. The van der Waals surface area contributed by atoms with E-state index in [-0.39, 0.29) is 6.03 Å². The molecule has 1 fully saturated rings. The maximum atomic E-state index is 12.1. The van der Waals surface area contributed by atoms with Crippen LogP contribution in [0.2, 0.25) is 5.02 Å². The molecule has 2 amide bonds. The highest BCUT2D eigenvalue weighted by Gasteiger charge is 2.19. The van der Waals surface area contributed by atoms with Crippen LogP contribution in [-0.4, -0.2) is 36.8 Å². The molecule has 0 aromatic heterocycles. The number of benzene rings is 2. The molecule has 2 aromatic carbocycles. The van der Waals surface area contributed by atoms with Gasteiger partial charge in [0.15, 0.2) is 0 Å². The van der Waals surface area contributed by atoms with Crippen LogP contribution < -0.4 is 10.6 Å². The fourth-order valence-corrected chi connectivity index (χ4v) is 4.03. The van der Waals surface area contributed by atoms with Crippen molar-refractivity contribution in [1.82, 2.24) is 10.2 Å². The number of urea groups is 1. The Hall–Kier alpha value is -1.69. The van der Waals surface area contributed by atoms with Crippen LogP contribution in [0.5, 0.6) is 0 Å². The number of nitrogens with zero attached hydrogens (tertiary/aromatic N) is 1. The standard InChI is InChI=1S/C21H26ClN3OS/c1-27-20-7-3-6-19(13-20)24-21(26)23-14-16-8-10-25(11-9-16)15-17-4-2-5-18(22)12-17/h2-7,12-13,16H,8-11,14-15H2,1H3,(H2,23,24,26). The molecule has 27 heavy (non-hydrogen) atoms. The minimum atomic E-state index is -0.130. The molecule has 144 valence electrons. The first-order valence-electron chi connectivity index (χ1n) is 9.28. The van der Waals surface area contributed by atoms with Crippen LogP contribution in [0.3, 0.4) is 0 Å². The Bertz CT molecular complexity index is 763. The van der Waals surface area contributed by atoms with E-state index >= 15 is 0 Å². The lowest BCUT2D eigenvalue weighted by atomic mass is 9.96. The largest absolute Gasteiger partial charge is 0.338 e. The SMILES string of the molecule is CSc1cccc(NC(=O)NCC2CCN(Cc3cccc(Cl)c3)CC2)c1. The molecule has 0 aliphatic carbocycles. The predicted molar refractivity (Wildman–Crippen MR) is 115 cm³/mol. The van der Waals surface area contributed by atoms with Gasteiger partial charge in [0.1, 0.15) is 0 Å². The third-order valence-corrected chi connectivity index (χ3v) is 5.84. The topological polar surface area (TPSA) is 44.4 Å². The highest BCUT2D eigenvalue weighted by Crippen LogP contribution is 2.21. The Balaban J connectivity index is 1.38. The van der Waals surface area contributed by atoms with Crippen LogP contribution in [0.25, 0.3) is 0 Å². The third kappa shape index (κ3) is 6.45. The number of thioether (sulfide) groups is 1. The van der Waals surface area contributed by atoms with Gasteiger partial charge in [-0.25, -0.2) is 4.79 Å². The van der Waals surface area contributed by atoms with Crippen molar-refractivity contribution in [1.29, 1.82) is 0 Å². The summed E-state index contributed by atoms with van der Waals surface area (Å²) in [4.78, 5) is 15.7. The van der Waals surface area contributed by atoms with E-state index in [2.05, 4.69) is 21.6 Å². The second-order valence-electron chi connectivity index (χ2n) is 6.92. The summed E-state index contributed by atoms with van der Waals surface area (Å²) in [6.45, 7) is 3.76. The van der Waals surface area contributed by atoms with Crippen LogP contribution in [0, 0.1) is 5.92 Å². The number of amides is 2. The molecule has 6 heteroatoms. The van der Waals surface area contributed by atoms with E-state index in [0.717, 1.165) is 54.6 Å². The molecule has 0 bridgehead atoms. The van der Waals surface area contributed by atoms with Crippen molar-refractivity contribution in [3.63, 3.8) is 0 Å². The maximum absolute atomic E-state index is 12.1. The van der Waals surface area contributed by atoms with E-state index in [1.807, 2.05) is 48.7 Å². The lowest BCUT2D eigenvalue weighted by molar-refractivity contribution is 0.176. The van der Waals surface area contributed by atoms with Gasteiger partial charge in [-0.05, 0) is 74.0 Å². The normalized spacial score (nSPS) is 15.5. The highest BCUT2D eigenvalue weighted by atomic mass is 35.5. The van der Waals surface area contributed by atoms with Gasteiger partial charge in [-0.3, -0.25) is 4.90 Å². The van der Waals surface area contributed by atoms with Crippen molar-refractivity contribution in [2.24, 2.45) is 5.92 Å². The fourth-order valence-electron chi connectivity index (χ4n) is 3.36. The summed E-state index contributed by atoms with van der Waals surface area (Å²) in [6, 6.07) is 15.8.